The van der Waals surface area contributed by atoms with Crippen molar-refractivity contribution in [2.45, 2.75) is 19.1 Å². The first-order chi connectivity index (χ1) is 7.95. The van der Waals surface area contributed by atoms with E-state index in [-0.39, 0.29) is 5.69 Å². The summed E-state index contributed by atoms with van der Waals surface area (Å²) in [5.74, 6) is -0.579. The zero-order valence-electron chi connectivity index (χ0n) is 9.77. The van der Waals surface area contributed by atoms with Crippen LogP contribution in [-0.4, -0.2) is 31.7 Å². The van der Waals surface area contributed by atoms with Crippen molar-refractivity contribution in [3.05, 3.63) is 24.3 Å². The fourth-order valence-electron chi connectivity index (χ4n) is 1.19. The zero-order valence-corrected chi connectivity index (χ0v) is 10.6. The van der Waals surface area contributed by atoms with Gasteiger partial charge in [-0.05, 0) is 13.5 Å². The number of sulfonamides is 1. The third kappa shape index (κ3) is 4.27. The molecule has 0 aromatic carbocycles. The molecule has 0 amide bonds. The lowest BCUT2D eigenvalue weighted by atomic mass is 10.4. The molecule has 96 valence electrons. The van der Waals surface area contributed by atoms with Crippen molar-refractivity contribution in [1.82, 2.24) is 10.3 Å². The molecule has 5 nitrogen and oxygen atoms in total. The third-order valence-corrected chi connectivity index (χ3v) is 3.92. The number of anilines is 1. The molecule has 0 fully saturated rings. The first-order valence-corrected chi connectivity index (χ1v) is 6.83. The number of halogens is 1. The second kappa shape index (κ2) is 5.92. The van der Waals surface area contributed by atoms with E-state index in [9.17, 15) is 12.8 Å². The topological polar surface area (TPSA) is 71.1 Å². The summed E-state index contributed by atoms with van der Waals surface area (Å²) in [6.45, 7) is 4.51. The molecule has 1 heterocycles. The van der Waals surface area contributed by atoms with Gasteiger partial charge in [-0.25, -0.2) is 12.8 Å². The second-order valence-electron chi connectivity index (χ2n) is 3.66. The fourth-order valence-corrected chi connectivity index (χ4v) is 2.17. The summed E-state index contributed by atoms with van der Waals surface area (Å²) in [4.78, 5) is 3.57. The highest BCUT2D eigenvalue weighted by Gasteiger charge is 2.20. The number of pyridine rings is 1. The molecule has 0 aliphatic rings. The Labute approximate surface area is 101 Å². The average molecular weight is 261 g/mol. The maximum Gasteiger partial charge on any atom is 0.236 e. The lowest BCUT2D eigenvalue weighted by molar-refractivity contribution is 0.579. The van der Waals surface area contributed by atoms with Crippen molar-refractivity contribution in [3.63, 3.8) is 0 Å². The number of rotatable bonds is 6. The van der Waals surface area contributed by atoms with E-state index in [1.165, 1.54) is 6.20 Å². The van der Waals surface area contributed by atoms with Gasteiger partial charge in [-0.1, -0.05) is 6.92 Å². The van der Waals surface area contributed by atoms with Gasteiger partial charge in [0, 0.05) is 12.6 Å². The summed E-state index contributed by atoms with van der Waals surface area (Å²) in [7, 11) is -3.52. The minimum absolute atomic E-state index is 0.133. The maximum atomic E-state index is 12.8. The summed E-state index contributed by atoms with van der Waals surface area (Å²) < 4.78 is 38.8. The molecule has 1 unspecified atom stereocenters. The van der Waals surface area contributed by atoms with Crippen LogP contribution in [0.4, 0.5) is 10.1 Å². The molecule has 1 atom stereocenters. The Morgan fingerprint density at radius 2 is 2.18 bits per heavy atom. The smallest absolute Gasteiger partial charge is 0.236 e. The quantitative estimate of drug-likeness (QED) is 0.800. The highest BCUT2D eigenvalue weighted by molar-refractivity contribution is 7.93. The van der Waals surface area contributed by atoms with Gasteiger partial charge in [0.1, 0.15) is 5.82 Å². The Morgan fingerprint density at radius 1 is 1.47 bits per heavy atom. The van der Waals surface area contributed by atoms with Gasteiger partial charge in [-0.3, -0.25) is 9.71 Å². The Balaban J connectivity index is 2.72. The molecule has 0 aliphatic carbocycles. The van der Waals surface area contributed by atoms with E-state index in [4.69, 9.17) is 0 Å². The number of aromatic nitrogens is 1. The minimum Gasteiger partial charge on any atom is -0.316 e. The maximum absolute atomic E-state index is 12.8. The predicted molar refractivity (Wildman–Crippen MR) is 64.7 cm³/mol. The van der Waals surface area contributed by atoms with E-state index in [1.807, 2.05) is 6.92 Å². The van der Waals surface area contributed by atoms with Crippen LogP contribution < -0.4 is 10.0 Å². The first-order valence-electron chi connectivity index (χ1n) is 5.28. The highest BCUT2D eigenvalue weighted by Crippen LogP contribution is 2.11. The van der Waals surface area contributed by atoms with Gasteiger partial charge in [0.15, 0.2) is 0 Å². The summed E-state index contributed by atoms with van der Waals surface area (Å²) >= 11 is 0. The van der Waals surface area contributed by atoms with Crippen molar-refractivity contribution >= 4 is 15.7 Å². The molecule has 0 bridgehead atoms. The van der Waals surface area contributed by atoms with Crippen LogP contribution in [0.1, 0.15) is 13.8 Å². The van der Waals surface area contributed by atoms with Crippen molar-refractivity contribution in [2.24, 2.45) is 0 Å². The molecule has 2 N–H and O–H groups in total. The van der Waals surface area contributed by atoms with E-state index in [1.54, 1.807) is 6.92 Å². The number of nitrogens with one attached hydrogen (secondary N) is 2. The monoisotopic (exact) mass is 261 g/mol. The SMILES string of the molecule is CCNCC(C)S(=O)(=O)Nc1cncc(F)c1. The van der Waals surface area contributed by atoms with Crippen LogP contribution in [0.25, 0.3) is 0 Å². The third-order valence-electron chi connectivity index (χ3n) is 2.18. The molecule has 0 saturated heterocycles. The van der Waals surface area contributed by atoms with Gasteiger partial charge in [0.2, 0.25) is 10.0 Å². The van der Waals surface area contributed by atoms with Crippen LogP contribution in [0, 0.1) is 5.82 Å². The molecule has 1 aromatic heterocycles. The van der Waals surface area contributed by atoms with Crippen LogP contribution in [-0.2, 0) is 10.0 Å². The van der Waals surface area contributed by atoms with Gasteiger partial charge < -0.3 is 5.32 Å². The Kier molecular flexibility index (Phi) is 4.83. The van der Waals surface area contributed by atoms with E-state index >= 15 is 0 Å². The predicted octanol–water partition coefficient (Wildman–Crippen LogP) is 0.960. The molecule has 17 heavy (non-hydrogen) atoms. The van der Waals surface area contributed by atoms with Gasteiger partial charge >= 0.3 is 0 Å². The standard InChI is InChI=1S/C10H16FN3O2S/c1-3-12-5-8(2)17(15,16)14-10-4-9(11)6-13-7-10/h4,6-8,12,14H,3,5H2,1-2H3. The van der Waals surface area contributed by atoms with Crippen molar-refractivity contribution < 1.29 is 12.8 Å². The van der Waals surface area contributed by atoms with Crippen LogP contribution in [0.5, 0.6) is 0 Å². The summed E-state index contributed by atoms with van der Waals surface area (Å²) in [5, 5.41) is 2.34. The molecule has 1 rings (SSSR count). The zero-order chi connectivity index (χ0) is 12.9. The van der Waals surface area contributed by atoms with E-state index in [0.29, 0.717) is 13.1 Å². The van der Waals surface area contributed by atoms with E-state index < -0.39 is 21.1 Å². The first kappa shape index (κ1) is 13.9. The van der Waals surface area contributed by atoms with Gasteiger partial charge in [0.25, 0.3) is 0 Å². The lowest BCUT2D eigenvalue weighted by Gasteiger charge is -2.14. The van der Waals surface area contributed by atoms with E-state index in [0.717, 1.165) is 12.3 Å². The van der Waals surface area contributed by atoms with Gasteiger partial charge in [0.05, 0.1) is 23.3 Å². The van der Waals surface area contributed by atoms with Crippen molar-refractivity contribution in [3.8, 4) is 0 Å². The van der Waals surface area contributed by atoms with Crippen molar-refractivity contribution in [1.29, 1.82) is 0 Å². The van der Waals surface area contributed by atoms with Gasteiger partial charge in [-0.2, -0.15) is 0 Å². The van der Waals surface area contributed by atoms with Crippen LogP contribution in [0.15, 0.2) is 18.5 Å². The van der Waals surface area contributed by atoms with E-state index in [2.05, 4.69) is 15.0 Å². The normalized spacial score (nSPS) is 13.4. The Morgan fingerprint density at radius 3 is 2.76 bits per heavy atom. The molecule has 7 heteroatoms. The molecule has 0 saturated carbocycles. The van der Waals surface area contributed by atoms with Crippen molar-refractivity contribution in [2.75, 3.05) is 17.8 Å². The molecular formula is C10H16FN3O2S. The number of hydrogen-bond acceptors (Lipinski definition) is 4. The fraction of sp³-hybridized carbons (Fsp3) is 0.500. The Hall–Kier alpha value is -1.21. The Bertz CT molecular complexity index is 464. The van der Waals surface area contributed by atoms with Gasteiger partial charge in [-0.15, -0.1) is 0 Å². The largest absolute Gasteiger partial charge is 0.316 e. The second-order valence-corrected chi connectivity index (χ2v) is 5.76. The average Bonchev–Trinajstić information content (AvgIpc) is 2.25. The molecule has 0 aliphatic heterocycles. The highest BCUT2D eigenvalue weighted by atomic mass is 32.2. The molecule has 1 aromatic rings. The summed E-state index contributed by atoms with van der Waals surface area (Å²) in [6.07, 6.45) is 2.28. The molecule has 0 spiro atoms. The van der Waals surface area contributed by atoms with Crippen LogP contribution in [0.3, 0.4) is 0 Å². The lowest BCUT2D eigenvalue weighted by Crippen LogP contribution is -2.34. The summed E-state index contributed by atoms with van der Waals surface area (Å²) in [6, 6.07) is 1.09. The molecular weight excluding hydrogens is 245 g/mol. The number of nitrogens with zero attached hydrogens (tertiary/aromatic N) is 1. The number of hydrogen-bond donors (Lipinski definition) is 2. The summed E-state index contributed by atoms with van der Waals surface area (Å²) in [5.41, 5.74) is 0.133. The molecule has 0 radical (unpaired) electrons. The van der Waals surface area contributed by atoms with Crippen LogP contribution >= 0.6 is 0 Å². The minimum atomic E-state index is -3.52. The van der Waals surface area contributed by atoms with Crippen LogP contribution in [0.2, 0.25) is 0 Å².